The molecule has 6 heteroatoms. The molecule has 0 aliphatic rings. The number of benzene rings is 1. The molecular formula is C12H16ClNO3S. The Morgan fingerprint density at radius 3 is 2.06 bits per heavy atom. The van der Waals surface area contributed by atoms with Crippen LogP contribution in [0, 0.1) is 20.8 Å². The molecule has 1 aromatic rings. The van der Waals surface area contributed by atoms with Crippen molar-refractivity contribution in [1.29, 1.82) is 0 Å². The maximum absolute atomic E-state index is 12.2. The average molecular weight is 290 g/mol. The van der Waals surface area contributed by atoms with Gasteiger partial charge in [0.05, 0.1) is 10.9 Å². The molecule has 1 atom stereocenters. The lowest BCUT2D eigenvalue weighted by Gasteiger charge is -2.15. The standard InChI is InChI=1S/C12H16ClNO3S/c1-7-5-8(2)11(9(3)6-7)18(16,17)14-10(4)12(13)15/h5-6,10,14H,1-4H3. The summed E-state index contributed by atoms with van der Waals surface area (Å²) in [6.45, 7) is 6.75. The molecule has 0 amide bonds. The summed E-state index contributed by atoms with van der Waals surface area (Å²) in [5, 5.41) is -0.735. The lowest BCUT2D eigenvalue weighted by atomic mass is 10.1. The average Bonchev–Trinajstić information content (AvgIpc) is 2.13. The van der Waals surface area contributed by atoms with Crippen molar-refractivity contribution < 1.29 is 13.2 Å². The number of carbonyl (C=O) groups excluding carboxylic acids is 1. The second-order valence-corrected chi connectivity index (χ2v) is 6.40. The zero-order valence-corrected chi connectivity index (χ0v) is 12.3. The van der Waals surface area contributed by atoms with Gasteiger partial charge in [0.1, 0.15) is 0 Å². The Kier molecular flexibility index (Phi) is 4.53. The van der Waals surface area contributed by atoms with Gasteiger partial charge in [-0.05, 0) is 50.4 Å². The SMILES string of the molecule is Cc1cc(C)c(S(=O)(=O)NC(C)C(=O)Cl)c(C)c1. The minimum atomic E-state index is -3.74. The molecule has 1 N–H and O–H groups in total. The number of rotatable bonds is 4. The predicted octanol–water partition coefficient (Wildman–Crippen LogP) is 2.04. The molecule has 0 radical (unpaired) electrons. The molecule has 100 valence electrons. The number of halogens is 1. The van der Waals surface area contributed by atoms with Crippen molar-refractivity contribution in [2.45, 2.75) is 38.6 Å². The van der Waals surface area contributed by atoms with Gasteiger partial charge in [0.2, 0.25) is 15.3 Å². The van der Waals surface area contributed by atoms with Gasteiger partial charge in [-0.2, -0.15) is 4.72 Å². The second-order valence-electron chi connectivity index (χ2n) is 4.37. The third-order valence-electron chi connectivity index (χ3n) is 2.55. The number of aryl methyl sites for hydroxylation is 3. The van der Waals surface area contributed by atoms with E-state index in [9.17, 15) is 13.2 Å². The summed E-state index contributed by atoms with van der Waals surface area (Å²) < 4.78 is 26.6. The first-order valence-electron chi connectivity index (χ1n) is 5.44. The van der Waals surface area contributed by atoms with Crippen molar-refractivity contribution in [1.82, 2.24) is 4.72 Å². The summed E-state index contributed by atoms with van der Waals surface area (Å²) in [6.07, 6.45) is 0. The van der Waals surface area contributed by atoms with Gasteiger partial charge in [0, 0.05) is 0 Å². The van der Waals surface area contributed by atoms with Crippen molar-refractivity contribution >= 4 is 26.9 Å². The second kappa shape index (κ2) is 5.38. The Balaban J connectivity index is 3.25. The van der Waals surface area contributed by atoms with E-state index in [1.807, 2.05) is 6.92 Å². The molecule has 0 spiro atoms. The van der Waals surface area contributed by atoms with E-state index in [-0.39, 0.29) is 4.90 Å². The van der Waals surface area contributed by atoms with Crippen LogP contribution in [0.4, 0.5) is 0 Å². The van der Waals surface area contributed by atoms with Gasteiger partial charge in [-0.1, -0.05) is 17.7 Å². The molecule has 1 aromatic carbocycles. The minimum absolute atomic E-state index is 0.206. The summed E-state index contributed by atoms with van der Waals surface area (Å²) in [5.74, 6) is 0. The highest BCUT2D eigenvalue weighted by atomic mass is 35.5. The fraction of sp³-hybridized carbons (Fsp3) is 0.417. The van der Waals surface area contributed by atoms with E-state index in [2.05, 4.69) is 4.72 Å². The van der Waals surface area contributed by atoms with Crippen LogP contribution in [-0.4, -0.2) is 19.7 Å². The van der Waals surface area contributed by atoms with Gasteiger partial charge < -0.3 is 0 Å². The van der Waals surface area contributed by atoms with Crippen LogP contribution in [0.2, 0.25) is 0 Å². The van der Waals surface area contributed by atoms with Crippen molar-refractivity contribution in [3.63, 3.8) is 0 Å². The lowest BCUT2D eigenvalue weighted by Crippen LogP contribution is -2.37. The van der Waals surface area contributed by atoms with Crippen LogP contribution < -0.4 is 4.72 Å². The topological polar surface area (TPSA) is 63.2 Å². The summed E-state index contributed by atoms with van der Waals surface area (Å²) in [7, 11) is -3.74. The summed E-state index contributed by atoms with van der Waals surface area (Å²) in [6, 6.07) is 2.63. The molecule has 0 saturated carbocycles. The van der Waals surface area contributed by atoms with Crippen LogP contribution in [0.3, 0.4) is 0 Å². The van der Waals surface area contributed by atoms with Crippen molar-refractivity contribution in [3.05, 3.63) is 28.8 Å². The fourth-order valence-electron chi connectivity index (χ4n) is 1.93. The zero-order valence-electron chi connectivity index (χ0n) is 10.7. The highest BCUT2D eigenvalue weighted by molar-refractivity contribution is 7.89. The van der Waals surface area contributed by atoms with Crippen LogP contribution in [0.5, 0.6) is 0 Å². The lowest BCUT2D eigenvalue weighted by molar-refractivity contribution is -0.112. The number of hydrogen-bond donors (Lipinski definition) is 1. The molecule has 18 heavy (non-hydrogen) atoms. The Labute approximate surface area is 112 Å². The number of nitrogens with one attached hydrogen (secondary N) is 1. The first-order valence-corrected chi connectivity index (χ1v) is 7.31. The van der Waals surface area contributed by atoms with E-state index < -0.39 is 21.3 Å². The van der Waals surface area contributed by atoms with Crippen molar-refractivity contribution in [2.24, 2.45) is 0 Å². The fourth-order valence-corrected chi connectivity index (χ4v) is 3.70. The monoisotopic (exact) mass is 289 g/mol. The van der Waals surface area contributed by atoms with E-state index in [4.69, 9.17) is 11.6 Å². The largest absolute Gasteiger partial charge is 0.279 e. The van der Waals surface area contributed by atoms with Gasteiger partial charge in [-0.3, -0.25) is 4.79 Å². The van der Waals surface area contributed by atoms with Gasteiger partial charge in [0.25, 0.3) is 0 Å². The Hall–Kier alpha value is -0.910. The van der Waals surface area contributed by atoms with E-state index in [0.29, 0.717) is 11.1 Å². The van der Waals surface area contributed by atoms with Gasteiger partial charge in [-0.15, -0.1) is 0 Å². The normalized spacial score (nSPS) is 13.4. The minimum Gasteiger partial charge on any atom is -0.279 e. The molecular weight excluding hydrogens is 274 g/mol. The third-order valence-corrected chi connectivity index (χ3v) is 4.72. The zero-order chi connectivity index (χ0) is 14.1. The maximum Gasteiger partial charge on any atom is 0.241 e. The van der Waals surface area contributed by atoms with Crippen LogP contribution in [-0.2, 0) is 14.8 Å². The summed E-state index contributed by atoms with van der Waals surface area (Å²) >= 11 is 5.26. The van der Waals surface area contributed by atoms with Crippen LogP contribution in [0.1, 0.15) is 23.6 Å². The first-order chi connectivity index (χ1) is 8.15. The molecule has 0 aliphatic carbocycles. The highest BCUT2D eigenvalue weighted by Gasteiger charge is 2.24. The van der Waals surface area contributed by atoms with E-state index >= 15 is 0 Å². The third kappa shape index (κ3) is 3.31. The summed E-state index contributed by atoms with van der Waals surface area (Å²) in [4.78, 5) is 11.1. The first kappa shape index (κ1) is 15.1. The van der Waals surface area contributed by atoms with Crippen LogP contribution in [0.25, 0.3) is 0 Å². The van der Waals surface area contributed by atoms with E-state index in [1.165, 1.54) is 6.92 Å². The predicted molar refractivity (Wildman–Crippen MR) is 71.3 cm³/mol. The maximum atomic E-state index is 12.2. The molecule has 1 unspecified atom stereocenters. The van der Waals surface area contributed by atoms with Gasteiger partial charge >= 0.3 is 0 Å². The number of carbonyl (C=O) groups is 1. The van der Waals surface area contributed by atoms with Gasteiger partial charge in [0.15, 0.2) is 0 Å². The van der Waals surface area contributed by atoms with Crippen LogP contribution in [0.15, 0.2) is 17.0 Å². The highest BCUT2D eigenvalue weighted by Crippen LogP contribution is 2.21. The smallest absolute Gasteiger partial charge is 0.241 e. The Morgan fingerprint density at radius 2 is 1.67 bits per heavy atom. The molecule has 0 saturated heterocycles. The Morgan fingerprint density at radius 1 is 1.22 bits per heavy atom. The van der Waals surface area contributed by atoms with E-state index in [0.717, 1.165) is 5.56 Å². The molecule has 1 rings (SSSR count). The van der Waals surface area contributed by atoms with Crippen molar-refractivity contribution in [3.8, 4) is 0 Å². The Bertz CT molecular complexity index is 558. The van der Waals surface area contributed by atoms with Crippen LogP contribution >= 0.6 is 11.6 Å². The molecule has 0 aliphatic heterocycles. The molecule has 0 heterocycles. The number of sulfonamides is 1. The molecule has 0 aromatic heterocycles. The molecule has 0 bridgehead atoms. The molecule has 4 nitrogen and oxygen atoms in total. The number of hydrogen-bond acceptors (Lipinski definition) is 3. The summed E-state index contributed by atoms with van der Waals surface area (Å²) in [5.41, 5.74) is 2.29. The van der Waals surface area contributed by atoms with Gasteiger partial charge in [-0.25, -0.2) is 8.42 Å². The van der Waals surface area contributed by atoms with E-state index in [1.54, 1.807) is 26.0 Å². The quantitative estimate of drug-likeness (QED) is 0.863. The van der Waals surface area contributed by atoms with Crippen molar-refractivity contribution in [2.75, 3.05) is 0 Å². The molecule has 0 fully saturated rings.